The van der Waals surface area contributed by atoms with Crippen LogP contribution in [-0.4, -0.2) is 51.3 Å². The SMILES string of the molecule is CC(=O)N[C@H](Cc1cc(I)c(O)c(I)c1)C(=O)N[C@@H](C(=O)O)[C@@H](C)O. The highest BCUT2D eigenvalue weighted by atomic mass is 127. The minimum atomic E-state index is -1.48. The maximum absolute atomic E-state index is 12.4. The van der Waals surface area contributed by atoms with E-state index in [2.05, 4.69) is 10.6 Å². The van der Waals surface area contributed by atoms with Gasteiger partial charge in [0.1, 0.15) is 11.8 Å². The van der Waals surface area contributed by atoms with Crippen LogP contribution in [0.3, 0.4) is 0 Å². The molecule has 0 unspecified atom stereocenters. The van der Waals surface area contributed by atoms with Gasteiger partial charge in [-0.1, -0.05) is 0 Å². The molecule has 0 saturated carbocycles. The van der Waals surface area contributed by atoms with E-state index in [1.165, 1.54) is 13.8 Å². The first-order chi connectivity index (χ1) is 11.5. The predicted molar refractivity (Wildman–Crippen MR) is 106 cm³/mol. The molecule has 3 atom stereocenters. The summed E-state index contributed by atoms with van der Waals surface area (Å²) in [4.78, 5) is 34.9. The summed E-state index contributed by atoms with van der Waals surface area (Å²) in [6.45, 7) is 2.49. The third-order valence-corrected chi connectivity index (χ3v) is 4.90. The average Bonchev–Trinajstić information content (AvgIpc) is 2.48. The zero-order valence-corrected chi connectivity index (χ0v) is 17.7. The minimum Gasteiger partial charge on any atom is -0.506 e. The number of hydrogen-bond acceptors (Lipinski definition) is 5. The molecule has 0 heterocycles. The quantitative estimate of drug-likeness (QED) is 0.302. The van der Waals surface area contributed by atoms with Crippen LogP contribution in [0.2, 0.25) is 0 Å². The average molecular weight is 576 g/mol. The van der Waals surface area contributed by atoms with Crippen molar-refractivity contribution >= 4 is 63.0 Å². The number of aliphatic carboxylic acids is 1. The molecule has 0 aliphatic rings. The van der Waals surface area contributed by atoms with Crippen molar-refractivity contribution in [3.8, 4) is 5.75 Å². The summed E-state index contributed by atoms with van der Waals surface area (Å²) in [6.07, 6.45) is -1.20. The van der Waals surface area contributed by atoms with Crippen molar-refractivity contribution in [2.45, 2.75) is 38.5 Å². The van der Waals surface area contributed by atoms with Crippen LogP contribution in [0, 0.1) is 7.14 Å². The van der Waals surface area contributed by atoms with Crippen molar-refractivity contribution in [3.05, 3.63) is 24.8 Å². The number of phenols is 1. The maximum Gasteiger partial charge on any atom is 0.328 e. The monoisotopic (exact) mass is 576 g/mol. The number of carbonyl (C=O) groups excluding carboxylic acids is 2. The summed E-state index contributed by atoms with van der Waals surface area (Å²) < 4.78 is 1.18. The van der Waals surface area contributed by atoms with Crippen LogP contribution in [0.15, 0.2) is 12.1 Å². The Labute approximate surface area is 171 Å². The molecule has 0 aliphatic carbocycles. The van der Waals surface area contributed by atoms with Crippen molar-refractivity contribution in [1.29, 1.82) is 0 Å². The molecular weight excluding hydrogens is 558 g/mol. The number of aromatic hydroxyl groups is 1. The highest BCUT2D eigenvalue weighted by molar-refractivity contribution is 14.1. The molecular formula is C15H18I2N2O6. The third-order valence-electron chi connectivity index (χ3n) is 3.26. The van der Waals surface area contributed by atoms with Crippen molar-refractivity contribution in [3.63, 3.8) is 0 Å². The highest BCUT2D eigenvalue weighted by Crippen LogP contribution is 2.27. The summed E-state index contributed by atoms with van der Waals surface area (Å²) in [6, 6.07) is 0.839. The number of amides is 2. The molecule has 0 aliphatic heterocycles. The van der Waals surface area contributed by atoms with E-state index < -0.39 is 36.0 Å². The van der Waals surface area contributed by atoms with E-state index in [-0.39, 0.29) is 12.2 Å². The molecule has 0 spiro atoms. The Hall–Kier alpha value is -1.15. The van der Waals surface area contributed by atoms with Gasteiger partial charge in [0.2, 0.25) is 11.8 Å². The molecule has 0 aromatic heterocycles. The number of phenolic OH excluding ortho intramolecular Hbond substituents is 1. The van der Waals surface area contributed by atoms with Crippen molar-refractivity contribution in [2.75, 3.05) is 0 Å². The molecule has 2 amide bonds. The molecule has 0 saturated heterocycles. The first-order valence-electron chi connectivity index (χ1n) is 7.18. The molecule has 0 radical (unpaired) electrons. The lowest BCUT2D eigenvalue weighted by Crippen LogP contribution is -2.55. The Morgan fingerprint density at radius 2 is 1.68 bits per heavy atom. The van der Waals surface area contributed by atoms with E-state index in [1.54, 1.807) is 12.1 Å². The first-order valence-corrected chi connectivity index (χ1v) is 9.34. The summed E-state index contributed by atoms with van der Waals surface area (Å²) in [5.41, 5.74) is 0.685. The summed E-state index contributed by atoms with van der Waals surface area (Å²) in [5, 5.41) is 33.0. The molecule has 25 heavy (non-hydrogen) atoms. The number of hydrogen-bond donors (Lipinski definition) is 5. The fourth-order valence-corrected chi connectivity index (χ4v) is 3.97. The Balaban J connectivity index is 3.02. The standard InChI is InChI=1S/C15H18I2N2O6/c1-6(20)12(15(24)25)19-14(23)11(18-7(2)21)5-8-3-9(16)13(22)10(17)4-8/h3-4,6,11-12,20,22H,5H2,1-2H3,(H,18,21)(H,19,23)(H,24,25)/t6-,11-,12-/m1/s1. The summed E-state index contributed by atoms with van der Waals surface area (Å²) in [5.74, 6) is -2.42. The summed E-state index contributed by atoms with van der Waals surface area (Å²) >= 11 is 3.90. The van der Waals surface area contributed by atoms with Crippen LogP contribution in [-0.2, 0) is 20.8 Å². The number of carboxylic acids is 1. The largest absolute Gasteiger partial charge is 0.506 e. The molecule has 1 rings (SSSR count). The summed E-state index contributed by atoms with van der Waals surface area (Å²) in [7, 11) is 0. The van der Waals surface area contributed by atoms with Crippen LogP contribution < -0.4 is 10.6 Å². The molecule has 1 aromatic rings. The van der Waals surface area contributed by atoms with Gasteiger partial charge in [0.05, 0.1) is 13.2 Å². The highest BCUT2D eigenvalue weighted by Gasteiger charge is 2.29. The topological polar surface area (TPSA) is 136 Å². The second-order valence-corrected chi connectivity index (χ2v) is 7.75. The fourth-order valence-electron chi connectivity index (χ4n) is 2.07. The number of benzene rings is 1. The molecule has 0 fully saturated rings. The predicted octanol–water partition coefficient (Wildman–Crippen LogP) is 0.599. The van der Waals surface area contributed by atoms with Crippen LogP contribution in [0.4, 0.5) is 0 Å². The minimum absolute atomic E-state index is 0.101. The zero-order valence-electron chi connectivity index (χ0n) is 13.4. The van der Waals surface area contributed by atoms with E-state index in [0.29, 0.717) is 12.7 Å². The number of halogens is 2. The number of carbonyl (C=O) groups is 3. The van der Waals surface area contributed by atoms with E-state index in [0.717, 1.165) is 0 Å². The number of aliphatic hydroxyl groups excluding tert-OH is 1. The number of nitrogens with one attached hydrogen (secondary N) is 2. The third kappa shape index (κ3) is 6.58. The van der Waals surface area contributed by atoms with E-state index in [1.807, 2.05) is 45.2 Å². The lowest BCUT2D eigenvalue weighted by atomic mass is 10.0. The van der Waals surface area contributed by atoms with Gasteiger partial charge in [-0.15, -0.1) is 0 Å². The number of aliphatic hydroxyl groups is 1. The molecule has 1 aromatic carbocycles. The van der Waals surface area contributed by atoms with Crippen LogP contribution in [0.1, 0.15) is 19.4 Å². The van der Waals surface area contributed by atoms with Crippen molar-refractivity contribution < 1.29 is 29.7 Å². The Bertz CT molecular complexity index is 657. The number of rotatable bonds is 7. The van der Waals surface area contributed by atoms with Crippen molar-refractivity contribution in [1.82, 2.24) is 10.6 Å². The molecule has 10 heteroatoms. The van der Waals surface area contributed by atoms with Gasteiger partial charge in [0.15, 0.2) is 6.04 Å². The van der Waals surface area contributed by atoms with Gasteiger partial charge in [-0.2, -0.15) is 0 Å². The first kappa shape index (κ1) is 21.9. The van der Waals surface area contributed by atoms with Crippen LogP contribution in [0.5, 0.6) is 5.75 Å². The van der Waals surface area contributed by atoms with E-state index >= 15 is 0 Å². The van der Waals surface area contributed by atoms with Crippen LogP contribution in [0.25, 0.3) is 0 Å². The van der Waals surface area contributed by atoms with Gasteiger partial charge in [0, 0.05) is 13.3 Å². The molecule has 8 nitrogen and oxygen atoms in total. The second kappa shape index (κ2) is 9.52. The second-order valence-electron chi connectivity index (χ2n) is 5.43. The Kier molecular flexibility index (Phi) is 8.34. The normalized spacial score (nSPS) is 14.3. The molecule has 5 N–H and O–H groups in total. The van der Waals surface area contributed by atoms with Gasteiger partial charge >= 0.3 is 5.97 Å². The van der Waals surface area contributed by atoms with Crippen LogP contribution >= 0.6 is 45.2 Å². The molecule has 0 bridgehead atoms. The van der Waals surface area contributed by atoms with Crippen molar-refractivity contribution in [2.24, 2.45) is 0 Å². The number of carboxylic acid groups (broad SMARTS) is 1. The Morgan fingerprint density at radius 1 is 1.16 bits per heavy atom. The maximum atomic E-state index is 12.4. The Morgan fingerprint density at radius 3 is 2.08 bits per heavy atom. The smallest absolute Gasteiger partial charge is 0.328 e. The van der Waals surface area contributed by atoms with E-state index in [4.69, 9.17) is 5.11 Å². The van der Waals surface area contributed by atoms with Gasteiger partial charge in [0.25, 0.3) is 0 Å². The lowest BCUT2D eigenvalue weighted by molar-refractivity contribution is -0.145. The molecule has 138 valence electrons. The fraction of sp³-hybridized carbons (Fsp3) is 0.400. The zero-order chi connectivity index (χ0) is 19.3. The van der Waals surface area contributed by atoms with Gasteiger partial charge in [-0.05, 0) is 69.8 Å². The van der Waals surface area contributed by atoms with Gasteiger partial charge in [-0.3, -0.25) is 9.59 Å². The van der Waals surface area contributed by atoms with Gasteiger partial charge in [-0.25, -0.2) is 4.79 Å². The van der Waals surface area contributed by atoms with E-state index in [9.17, 15) is 24.6 Å². The lowest BCUT2D eigenvalue weighted by Gasteiger charge is -2.22. The van der Waals surface area contributed by atoms with Gasteiger partial charge < -0.3 is 26.0 Å².